The summed E-state index contributed by atoms with van der Waals surface area (Å²) in [6, 6.07) is 14.5. The van der Waals surface area contributed by atoms with Crippen LogP contribution in [0.5, 0.6) is 0 Å². The summed E-state index contributed by atoms with van der Waals surface area (Å²) in [5.74, 6) is 0.301. The van der Waals surface area contributed by atoms with Crippen molar-refractivity contribution in [3.8, 4) is 22.6 Å². The second-order valence-electron chi connectivity index (χ2n) is 4.97. The molecule has 0 fully saturated rings. The molecule has 2 heterocycles. The maximum atomic E-state index is 5.71. The Morgan fingerprint density at radius 1 is 1.14 bits per heavy atom. The Balaban J connectivity index is 2.21. The molecule has 0 saturated heterocycles. The maximum Gasteiger partial charge on any atom is 0.220 e. The van der Waals surface area contributed by atoms with E-state index in [4.69, 9.17) is 5.73 Å². The Bertz CT molecular complexity index is 760. The highest BCUT2D eigenvalue weighted by atomic mass is 15.0. The molecule has 0 spiro atoms. The van der Waals surface area contributed by atoms with Gasteiger partial charge in [-0.1, -0.05) is 30.3 Å². The van der Waals surface area contributed by atoms with Gasteiger partial charge in [0.25, 0.3) is 0 Å². The highest BCUT2D eigenvalue weighted by Crippen LogP contribution is 2.31. The van der Waals surface area contributed by atoms with Gasteiger partial charge in [0.05, 0.1) is 17.1 Å². The Morgan fingerprint density at radius 2 is 1.90 bits per heavy atom. The molecule has 2 N–H and O–H groups in total. The molecule has 0 aliphatic heterocycles. The van der Waals surface area contributed by atoms with Crippen LogP contribution in [0.3, 0.4) is 0 Å². The van der Waals surface area contributed by atoms with Crippen LogP contribution in [0.2, 0.25) is 0 Å². The molecule has 0 unspecified atom stereocenters. The van der Waals surface area contributed by atoms with Crippen molar-refractivity contribution in [2.24, 2.45) is 0 Å². The van der Waals surface area contributed by atoms with Gasteiger partial charge in [-0.2, -0.15) is 0 Å². The van der Waals surface area contributed by atoms with Crippen molar-refractivity contribution < 1.29 is 0 Å². The van der Waals surface area contributed by atoms with Crippen molar-refractivity contribution in [1.29, 1.82) is 0 Å². The molecule has 0 saturated carbocycles. The van der Waals surface area contributed by atoms with Gasteiger partial charge < -0.3 is 10.3 Å². The first-order valence-corrected chi connectivity index (χ1v) is 7.05. The van der Waals surface area contributed by atoms with Crippen molar-refractivity contribution in [3.63, 3.8) is 0 Å². The van der Waals surface area contributed by atoms with E-state index in [1.165, 1.54) is 16.8 Å². The van der Waals surface area contributed by atoms with Crippen molar-refractivity contribution in [2.45, 2.75) is 20.4 Å². The first kappa shape index (κ1) is 13.4. The van der Waals surface area contributed by atoms with Crippen LogP contribution in [-0.2, 0) is 6.54 Å². The fourth-order valence-corrected chi connectivity index (χ4v) is 2.72. The van der Waals surface area contributed by atoms with Crippen molar-refractivity contribution >= 4 is 5.95 Å². The topological polar surface area (TPSA) is 56.7 Å². The minimum Gasteiger partial charge on any atom is -0.368 e. The number of aromatic nitrogens is 3. The van der Waals surface area contributed by atoms with E-state index < -0.39 is 0 Å². The molecule has 3 rings (SSSR count). The van der Waals surface area contributed by atoms with Crippen molar-refractivity contribution in [2.75, 3.05) is 5.73 Å². The van der Waals surface area contributed by atoms with Gasteiger partial charge in [0.15, 0.2) is 0 Å². The van der Waals surface area contributed by atoms with Crippen LogP contribution in [0, 0.1) is 6.92 Å². The molecule has 3 aromatic rings. The molecule has 0 aliphatic carbocycles. The van der Waals surface area contributed by atoms with E-state index in [1.807, 2.05) is 12.1 Å². The third kappa shape index (κ3) is 2.40. The third-order valence-corrected chi connectivity index (χ3v) is 3.59. The fraction of sp³-hybridized carbons (Fsp3) is 0.176. The Hall–Kier alpha value is -2.62. The van der Waals surface area contributed by atoms with Crippen LogP contribution >= 0.6 is 0 Å². The summed E-state index contributed by atoms with van der Waals surface area (Å²) >= 11 is 0. The van der Waals surface area contributed by atoms with Crippen LogP contribution in [0.15, 0.2) is 48.7 Å². The monoisotopic (exact) mass is 278 g/mol. The molecule has 4 heteroatoms. The van der Waals surface area contributed by atoms with Crippen LogP contribution in [0.1, 0.15) is 12.5 Å². The van der Waals surface area contributed by atoms with Crippen molar-refractivity contribution in [3.05, 3.63) is 54.2 Å². The lowest BCUT2D eigenvalue weighted by atomic mass is 10.1. The largest absolute Gasteiger partial charge is 0.368 e. The Morgan fingerprint density at radius 3 is 2.57 bits per heavy atom. The highest BCUT2D eigenvalue weighted by molar-refractivity contribution is 5.71. The van der Waals surface area contributed by atoms with E-state index >= 15 is 0 Å². The standard InChI is InChI=1S/C17H18N4/c1-3-21-15(14-9-10-19-17(18)20-14)11-12(2)16(21)13-7-5-4-6-8-13/h4-11H,3H2,1-2H3,(H2,18,19,20). The highest BCUT2D eigenvalue weighted by Gasteiger charge is 2.15. The number of hydrogen-bond acceptors (Lipinski definition) is 3. The molecule has 21 heavy (non-hydrogen) atoms. The van der Waals surface area contributed by atoms with E-state index in [2.05, 4.69) is 58.7 Å². The van der Waals surface area contributed by atoms with E-state index in [-0.39, 0.29) is 0 Å². The summed E-state index contributed by atoms with van der Waals surface area (Å²) in [4.78, 5) is 8.31. The smallest absolute Gasteiger partial charge is 0.220 e. The quantitative estimate of drug-likeness (QED) is 0.797. The summed E-state index contributed by atoms with van der Waals surface area (Å²) in [5, 5.41) is 0. The molecule has 0 atom stereocenters. The van der Waals surface area contributed by atoms with E-state index in [0.29, 0.717) is 5.95 Å². The second kappa shape index (κ2) is 5.40. The number of nitrogen functional groups attached to an aromatic ring is 1. The summed E-state index contributed by atoms with van der Waals surface area (Å²) in [7, 11) is 0. The normalized spacial score (nSPS) is 10.8. The van der Waals surface area contributed by atoms with Gasteiger partial charge in [0.2, 0.25) is 5.95 Å². The molecular weight excluding hydrogens is 260 g/mol. The summed E-state index contributed by atoms with van der Waals surface area (Å²) < 4.78 is 2.27. The number of nitrogens with two attached hydrogens (primary N) is 1. The number of aryl methyl sites for hydroxylation is 1. The summed E-state index contributed by atoms with van der Waals surface area (Å²) in [6.45, 7) is 5.14. The lowest BCUT2D eigenvalue weighted by Crippen LogP contribution is -2.02. The first-order chi connectivity index (χ1) is 10.2. The molecule has 4 nitrogen and oxygen atoms in total. The van der Waals surface area contributed by atoms with E-state index in [1.54, 1.807) is 6.20 Å². The molecule has 0 radical (unpaired) electrons. The Kier molecular flexibility index (Phi) is 3.44. The molecular formula is C17H18N4. The molecule has 0 amide bonds. The van der Waals surface area contributed by atoms with Gasteiger partial charge in [-0.25, -0.2) is 9.97 Å². The molecule has 106 valence electrons. The minimum absolute atomic E-state index is 0.301. The lowest BCUT2D eigenvalue weighted by Gasteiger charge is -2.12. The molecule has 1 aromatic carbocycles. The summed E-state index contributed by atoms with van der Waals surface area (Å²) in [6.07, 6.45) is 1.70. The lowest BCUT2D eigenvalue weighted by molar-refractivity contribution is 0.780. The van der Waals surface area contributed by atoms with Gasteiger partial charge >= 0.3 is 0 Å². The SMILES string of the molecule is CCn1c(-c2ccnc(N)n2)cc(C)c1-c1ccccc1. The second-order valence-corrected chi connectivity index (χ2v) is 4.97. The average Bonchev–Trinajstić information content (AvgIpc) is 2.84. The molecule has 2 aromatic heterocycles. The number of anilines is 1. The van der Waals surface area contributed by atoms with Gasteiger partial charge in [-0.3, -0.25) is 0 Å². The zero-order valence-electron chi connectivity index (χ0n) is 12.2. The van der Waals surface area contributed by atoms with Crippen LogP contribution in [-0.4, -0.2) is 14.5 Å². The van der Waals surface area contributed by atoms with E-state index in [0.717, 1.165) is 17.9 Å². The number of nitrogens with zero attached hydrogens (tertiary/aromatic N) is 3. The van der Waals surface area contributed by atoms with Crippen LogP contribution < -0.4 is 5.73 Å². The predicted molar refractivity (Wildman–Crippen MR) is 85.7 cm³/mol. The van der Waals surface area contributed by atoms with Gasteiger partial charge in [0, 0.05) is 12.7 Å². The fourth-order valence-electron chi connectivity index (χ4n) is 2.72. The first-order valence-electron chi connectivity index (χ1n) is 7.05. The summed E-state index contributed by atoms with van der Waals surface area (Å²) in [5.41, 5.74) is 11.3. The van der Waals surface area contributed by atoms with Gasteiger partial charge in [-0.15, -0.1) is 0 Å². The third-order valence-electron chi connectivity index (χ3n) is 3.59. The average molecular weight is 278 g/mol. The maximum absolute atomic E-state index is 5.71. The van der Waals surface area contributed by atoms with Crippen LogP contribution in [0.4, 0.5) is 5.95 Å². The van der Waals surface area contributed by atoms with E-state index in [9.17, 15) is 0 Å². The Labute approximate surface area is 124 Å². The van der Waals surface area contributed by atoms with Gasteiger partial charge in [0.1, 0.15) is 0 Å². The molecule has 0 bridgehead atoms. The number of benzene rings is 1. The van der Waals surface area contributed by atoms with Crippen LogP contribution in [0.25, 0.3) is 22.6 Å². The zero-order chi connectivity index (χ0) is 14.8. The molecule has 0 aliphatic rings. The minimum atomic E-state index is 0.301. The zero-order valence-corrected chi connectivity index (χ0v) is 12.2. The number of rotatable bonds is 3. The van der Waals surface area contributed by atoms with Crippen molar-refractivity contribution in [1.82, 2.24) is 14.5 Å². The van der Waals surface area contributed by atoms with Gasteiger partial charge in [-0.05, 0) is 37.1 Å². The predicted octanol–water partition coefficient (Wildman–Crippen LogP) is 3.52. The number of hydrogen-bond donors (Lipinski definition) is 1.